The highest BCUT2D eigenvalue weighted by atomic mass is 32.2. The monoisotopic (exact) mass is 740 g/mol. The van der Waals surface area contributed by atoms with Gasteiger partial charge in [-0.25, -0.2) is 17.9 Å². The van der Waals surface area contributed by atoms with E-state index < -0.39 is 74.1 Å². The molecule has 4 N–H and O–H groups in total. The summed E-state index contributed by atoms with van der Waals surface area (Å²) < 4.78 is 35.1. The Morgan fingerprint density at radius 2 is 1.79 bits per heavy atom. The molecule has 1 saturated heterocycles. The molecule has 2 aromatic rings. The van der Waals surface area contributed by atoms with Crippen LogP contribution in [0.1, 0.15) is 85.6 Å². The van der Waals surface area contributed by atoms with Gasteiger partial charge < -0.3 is 25.4 Å². The standard InChI is InChI=1S/C36H48N6O9S/c1-20(2)42-31(44)26-13-9-8-12-25(26)30(39-42)51-24-17-27-29(43)38-36(33(46)40-52(49,50)35(5)14-15-35)18-23(36)11-7-6-10-21(3)16-22(4)28(37-34(47)48)32(45)41(27)19-24/h7-9,11-13,20-24,27-28,37H,6,10,14-19H2,1-5H3,(H,38,43)(H,40,46)(H,47,48)/b11-7-/t21?,22-,23?,24-,27+,28+,36-/m1/s1. The Morgan fingerprint density at radius 1 is 1.10 bits per heavy atom. The summed E-state index contributed by atoms with van der Waals surface area (Å²) in [6, 6.07) is 4.14. The number of carbonyl (C=O) groups is 4. The maximum atomic E-state index is 14.4. The van der Waals surface area contributed by atoms with E-state index in [0.29, 0.717) is 36.5 Å². The van der Waals surface area contributed by atoms with Crippen molar-refractivity contribution in [1.29, 1.82) is 0 Å². The topological polar surface area (TPSA) is 206 Å². The Kier molecular flexibility index (Phi) is 9.91. The molecule has 2 aliphatic heterocycles. The molecule has 0 bridgehead atoms. The van der Waals surface area contributed by atoms with E-state index in [-0.39, 0.29) is 42.8 Å². The van der Waals surface area contributed by atoms with Crippen molar-refractivity contribution in [1.82, 2.24) is 30.0 Å². The number of hydrogen-bond acceptors (Lipinski definition) is 9. The molecule has 52 heavy (non-hydrogen) atoms. The molecule has 4 amide bonds. The zero-order chi connectivity index (χ0) is 37.7. The summed E-state index contributed by atoms with van der Waals surface area (Å²) >= 11 is 0. The minimum Gasteiger partial charge on any atom is -0.471 e. The SMILES string of the molecule is CC1CC/C=C\C2C[C@@]2(C(=O)NS(=O)(=O)C2(C)CC2)NC(=O)[C@@H]2C[C@@H](Oc3nn(C(C)C)c(=O)c4ccccc34)CN2C(=O)[C@@H](NC(=O)O)[C@H](C)C1. The van der Waals surface area contributed by atoms with Crippen molar-refractivity contribution in [3.05, 3.63) is 46.8 Å². The number of nitrogens with zero attached hydrogens (tertiary/aromatic N) is 3. The number of rotatable bonds is 7. The predicted octanol–water partition coefficient (Wildman–Crippen LogP) is 2.85. The summed E-state index contributed by atoms with van der Waals surface area (Å²) in [5.74, 6) is -2.84. The van der Waals surface area contributed by atoms with E-state index in [2.05, 4.69) is 20.5 Å². The molecule has 15 nitrogen and oxygen atoms in total. The molecule has 2 unspecified atom stereocenters. The van der Waals surface area contributed by atoms with Gasteiger partial charge in [-0.3, -0.25) is 23.9 Å². The van der Waals surface area contributed by atoms with Crippen LogP contribution in [0.3, 0.4) is 0 Å². The molecule has 0 spiro atoms. The van der Waals surface area contributed by atoms with Crippen LogP contribution in [-0.2, 0) is 24.4 Å². The van der Waals surface area contributed by atoms with Gasteiger partial charge in [-0.2, -0.15) is 0 Å². The van der Waals surface area contributed by atoms with Gasteiger partial charge in [0.15, 0.2) is 0 Å². The van der Waals surface area contributed by atoms with Gasteiger partial charge in [0.05, 0.1) is 28.1 Å². The quantitative estimate of drug-likeness (QED) is 0.306. The van der Waals surface area contributed by atoms with Crippen LogP contribution >= 0.6 is 0 Å². The molecule has 2 aliphatic carbocycles. The molecule has 282 valence electrons. The first-order valence-electron chi connectivity index (χ1n) is 18.0. The Labute approximate surface area is 302 Å². The zero-order valence-corrected chi connectivity index (χ0v) is 30.9. The molecule has 16 heteroatoms. The fourth-order valence-electron chi connectivity index (χ4n) is 7.50. The van der Waals surface area contributed by atoms with Gasteiger partial charge in [0.2, 0.25) is 27.7 Å². The molecule has 1 aromatic carbocycles. The van der Waals surface area contributed by atoms with Crippen molar-refractivity contribution in [2.75, 3.05) is 6.54 Å². The number of carboxylic acid groups (broad SMARTS) is 1. The highest BCUT2D eigenvalue weighted by Gasteiger charge is 2.63. The molecule has 1 aromatic heterocycles. The molecule has 4 aliphatic rings. The minimum absolute atomic E-state index is 0.0481. The summed E-state index contributed by atoms with van der Waals surface area (Å²) in [4.78, 5) is 69.0. The number of amides is 4. The van der Waals surface area contributed by atoms with E-state index >= 15 is 0 Å². The second kappa shape index (κ2) is 13.8. The minimum atomic E-state index is -4.02. The van der Waals surface area contributed by atoms with Crippen LogP contribution in [0.5, 0.6) is 5.88 Å². The van der Waals surface area contributed by atoms with Gasteiger partial charge in [-0.1, -0.05) is 38.1 Å². The fourth-order valence-corrected chi connectivity index (χ4v) is 8.81. The van der Waals surface area contributed by atoms with Crippen LogP contribution in [-0.4, -0.2) is 87.0 Å². The van der Waals surface area contributed by atoms with Crippen molar-refractivity contribution >= 4 is 44.6 Å². The second-order valence-electron chi connectivity index (χ2n) is 15.6. The van der Waals surface area contributed by atoms with Gasteiger partial charge in [-0.15, -0.1) is 5.10 Å². The molecule has 3 fully saturated rings. The average molecular weight is 741 g/mol. The summed E-state index contributed by atoms with van der Waals surface area (Å²) in [7, 11) is -4.02. The molecule has 3 heterocycles. The van der Waals surface area contributed by atoms with Crippen molar-refractivity contribution in [3.63, 3.8) is 0 Å². The lowest BCUT2D eigenvalue weighted by Gasteiger charge is -2.32. The number of sulfonamides is 1. The first kappa shape index (κ1) is 37.3. The lowest BCUT2D eigenvalue weighted by molar-refractivity contribution is -0.142. The van der Waals surface area contributed by atoms with Gasteiger partial charge in [0, 0.05) is 12.3 Å². The number of ether oxygens (including phenoxy) is 1. The Balaban J connectivity index is 1.37. The molecular formula is C36H48N6O9S. The zero-order valence-electron chi connectivity index (χ0n) is 30.1. The van der Waals surface area contributed by atoms with E-state index in [9.17, 15) is 37.5 Å². The summed E-state index contributed by atoms with van der Waals surface area (Å²) in [6.07, 6.45) is 4.38. The third-order valence-corrected chi connectivity index (χ3v) is 13.2. The average Bonchev–Trinajstić information content (AvgIpc) is 3.96. The van der Waals surface area contributed by atoms with E-state index in [1.165, 1.54) is 9.58 Å². The molecular weight excluding hydrogens is 692 g/mol. The second-order valence-corrected chi connectivity index (χ2v) is 17.8. The summed E-state index contributed by atoms with van der Waals surface area (Å²) in [5, 5.41) is 20.3. The van der Waals surface area contributed by atoms with Crippen LogP contribution < -0.4 is 25.7 Å². The molecule has 7 atom stereocenters. The van der Waals surface area contributed by atoms with E-state index in [0.717, 1.165) is 6.42 Å². The van der Waals surface area contributed by atoms with E-state index in [1.54, 1.807) is 38.1 Å². The van der Waals surface area contributed by atoms with Crippen molar-refractivity contribution < 1.29 is 37.4 Å². The van der Waals surface area contributed by atoms with Crippen LogP contribution in [0.25, 0.3) is 10.8 Å². The number of benzene rings is 1. The normalized spacial score (nSPS) is 31.0. The summed E-state index contributed by atoms with van der Waals surface area (Å²) in [6.45, 7) is 8.87. The number of carbonyl (C=O) groups excluding carboxylic acids is 3. The lowest BCUT2D eigenvalue weighted by atomic mass is 9.88. The van der Waals surface area contributed by atoms with Gasteiger partial charge in [-0.05, 0) is 83.3 Å². The summed E-state index contributed by atoms with van der Waals surface area (Å²) in [5.41, 5.74) is -1.87. The first-order chi connectivity index (χ1) is 24.5. The first-order valence-corrected chi connectivity index (χ1v) is 19.5. The van der Waals surface area contributed by atoms with Gasteiger partial charge in [0.1, 0.15) is 23.7 Å². The van der Waals surface area contributed by atoms with Crippen LogP contribution in [0.4, 0.5) is 4.79 Å². The van der Waals surface area contributed by atoms with Crippen molar-refractivity contribution in [3.8, 4) is 5.88 Å². The van der Waals surface area contributed by atoms with E-state index in [1.807, 2.05) is 32.9 Å². The number of fused-ring (bicyclic) bond motifs is 3. The maximum absolute atomic E-state index is 14.4. The molecule has 0 radical (unpaired) electrons. The number of hydrogen-bond donors (Lipinski definition) is 4. The van der Waals surface area contributed by atoms with Crippen LogP contribution in [0, 0.1) is 17.8 Å². The smallest absolute Gasteiger partial charge is 0.405 e. The highest BCUT2D eigenvalue weighted by Crippen LogP contribution is 2.47. The Hall–Kier alpha value is -4.47. The largest absolute Gasteiger partial charge is 0.471 e. The van der Waals surface area contributed by atoms with Gasteiger partial charge >= 0.3 is 6.09 Å². The van der Waals surface area contributed by atoms with Crippen molar-refractivity contribution in [2.45, 2.75) is 114 Å². The van der Waals surface area contributed by atoms with Gasteiger partial charge in [0.25, 0.3) is 11.5 Å². The van der Waals surface area contributed by atoms with Crippen molar-refractivity contribution in [2.24, 2.45) is 17.8 Å². The number of nitrogens with one attached hydrogen (secondary N) is 3. The highest BCUT2D eigenvalue weighted by molar-refractivity contribution is 7.91. The van der Waals surface area contributed by atoms with Crippen LogP contribution in [0.2, 0.25) is 0 Å². The maximum Gasteiger partial charge on any atom is 0.405 e. The molecule has 6 rings (SSSR count). The lowest BCUT2D eigenvalue weighted by Crippen LogP contribution is -2.59. The predicted molar refractivity (Wildman–Crippen MR) is 191 cm³/mol. The number of allylic oxidation sites excluding steroid dienone is 1. The third kappa shape index (κ3) is 7.13. The Bertz CT molecular complexity index is 1980. The molecule has 2 saturated carbocycles. The van der Waals surface area contributed by atoms with Crippen LogP contribution in [0.15, 0.2) is 41.2 Å². The van der Waals surface area contributed by atoms with E-state index in [4.69, 9.17) is 4.74 Å². The Morgan fingerprint density at radius 3 is 2.44 bits per heavy atom. The third-order valence-electron chi connectivity index (χ3n) is 11.1. The number of aromatic nitrogens is 2. The fraction of sp³-hybridized carbons (Fsp3) is 0.611.